The first-order valence-electron chi connectivity index (χ1n) is 13.6. The summed E-state index contributed by atoms with van der Waals surface area (Å²) in [5.41, 5.74) is 5.91. The Hall–Kier alpha value is -2.72. The number of phenols is 1. The molecule has 1 aromatic carbocycles. The number of ether oxygens (including phenoxy) is 1. The second-order valence-corrected chi connectivity index (χ2v) is 12.2. The lowest BCUT2D eigenvalue weighted by atomic mass is 9.58. The van der Waals surface area contributed by atoms with Crippen molar-refractivity contribution in [1.29, 1.82) is 0 Å². The van der Waals surface area contributed by atoms with Gasteiger partial charge in [-0.1, -0.05) is 17.7 Å². The van der Waals surface area contributed by atoms with Gasteiger partial charge in [-0.25, -0.2) is 0 Å². The van der Waals surface area contributed by atoms with Gasteiger partial charge in [-0.15, -0.1) is 11.3 Å². The van der Waals surface area contributed by atoms with E-state index in [9.17, 15) is 19.7 Å². The molecule has 3 heterocycles. The molecule has 1 aliphatic carbocycles. The predicted molar refractivity (Wildman–Crippen MR) is 152 cm³/mol. The normalized spacial score (nSPS) is 25.4. The molecule has 5 rings (SSSR count). The highest BCUT2D eigenvalue weighted by molar-refractivity contribution is 7.09. The number of imide groups is 1. The molecule has 2 aromatic rings. The van der Waals surface area contributed by atoms with Crippen LogP contribution in [0.25, 0.3) is 6.08 Å². The van der Waals surface area contributed by atoms with Gasteiger partial charge in [0.2, 0.25) is 11.8 Å². The van der Waals surface area contributed by atoms with Crippen molar-refractivity contribution in [3.63, 3.8) is 0 Å². The average molecular weight is 549 g/mol. The molecule has 2 fully saturated rings. The van der Waals surface area contributed by atoms with Crippen molar-refractivity contribution >= 4 is 36.3 Å². The maximum atomic E-state index is 13.7. The molecule has 0 unspecified atom stereocenters. The molecule has 206 valence electrons. The highest BCUT2D eigenvalue weighted by Gasteiger charge is 2.57. The van der Waals surface area contributed by atoms with E-state index in [0.717, 1.165) is 44.7 Å². The highest BCUT2D eigenvalue weighted by Crippen LogP contribution is 2.51. The van der Waals surface area contributed by atoms with Crippen molar-refractivity contribution in [1.82, 2.24) is 4.90 Å². The fourth-order valence-electron chi connectivity index (χ4n) is 6.64. The zero-order chi connectivity index (χ0) is 27.8. The van der Waals surface area contributed by atoms with Crippen LogP contribution in [0.1, 0.15) is 47.8 Å². The third kappa shape index (κ3) is 5.50. The summed E-state index contributed by atoms with van der Waals surface area (Å²) in [6, 6.07) is 7.80. The van der Waals surface area contributed by atoms with E-state index in [-0.39, 0.29) is 23.8 Å². The number of methoxy groups -OCH3 is 1. The van der Waals surface area contributed by atoms with E-state index in [4.69, 9.17) is 9.39 Å². The van der Waals surface area contributed by atoms with E-state index in [1.165, 1.54) is 16.2 Å². The quantitative estimate of drug-likeness (QED) is 0.276. The second-order valence-electron chi connectivity index (χ2n) is 11.1. The third-order valence-electron chi connectivity index (χ3n) is 8.34. The highest BCUT2D eigenvalue weighted by atomic mass is 32.1. The number of carbonyl (C=O) groups is 2. The number of aromatic hydroxyl groups is 1. The summed E-state index contributed by atoms with van der Waals surface area (Å²) in [5, 5.41) is 22.8. The van der Waals surface area contributed by atoms with Crippen LogP contribution in [0.4, 0.5) is 0 Å². The Labute approximate surface area is 234 Å². The fraction of sp³-hybridized carbons (Fsp3) is 0.467. The predicted octanol–water partition coefficient (Wildman–Crippen LogP) is 4.90. The van der Waals surface area contributed by atoms with E-state index in [0.29, 0.717) is 38.1 Å². The largest absolute Gasteiger partial charge is 0.507 e. The van der Waals surface area contributed by atoms with E-state index in [1.807, 2.05) is 43.5 Å². The van der Waals surface area contributed by atoms with Gasteiger partial charge in [0, 0.05) is 12.0 Å². The summed E-state index contributed by atoms with van der Waals surface area (Å²) in [6.07, 6.45) is 3.91. The van der Waals surface area contributed by atoms with Crippen molar-refractivity contribution in [2.75, 3.05) is 13.7 Å². The number of hydrogen-bond donors (Lipinski definition) is 2. The van der Waals surface area contributed by atoms with Gasteiger partial charge in [0.15, 0.2) is 0 Å². The smallest absolute Gasteiger partial charge is 0.455 e. The van der Waals surface area contributed by atoms with Gasteiger partial charge in [0.25, 0.3) is 0 Å². The maximum absolute atomic E-state index is 13.7. The molecule has 0 saturated carbocycles. The Morgan fingerprint density at radius 2 is 1.97 bits per heavy atom. The number of amides is 2. The molecule has 1 aromatic heterocycles. The number of hydrogen-bond acceptors (Lipinski definition) is 7. The number of nitrogens with zero attached hydrogens (tertiary/aromatic N) is 1. The first kappa shape index (κ1) is 27.8. The Balaban J connectivity index is 1.39. The van der Waals surface area contributed by atoms with Gasteiger partial charge in [-0.2, -0.15) is 0 Å². The SMILES string of the molecule is COCC1=C2[C@@H](CC/C(C)=C/c3cc(C)c(O)c(C)c3)OB(O)C[C@@H]2[C@@H]2C(=O)N(Cc3cccs3)C(=O)[C@@H]2C1. The summed E-state index contributed by atoms with van der Waals surface area (Å²) in [6.45, 7) is 6.52. The van der Waals surface area contributed by atoms with Crippen LogP contribution in [0.15, 0.2) is 46.4 Å². The molecule has 3 aliphatic rings. The van der Waals surface area contributed by atoms with Gasteiger partial charge in [-0.05, 0) is 104 Å². The number of carbonyl (C=O) groups excluding carboxylic acids is 2. The first-order chi connectivity index (χ1) is 18.7. The minimum atomic E-state index is -0.993. The number of thiophene rings is 1. The van der Waals surface area contributed by atoms with E-state index in [1.54, 1.807) is 7.11 Å². The molecule has 9 heteroatoms. The van der Waals surface area contributed by atoms with Crippen molar-refractivity contribution < 1.29 is 29.1 Å². The van der Waals surface area contributed by atoms with Gasteiger partial charge < -0.3 is 19.5 Å². The molecule has 2 amide bonds. The molecule has 39 heavy (non-hydrogen) atoms. The Kier molecular flexibility index (Phi) is 8.15. The second kappa shape index (κ2) is 11.4. The summed E-state index contributed by atoms with van der Waals surface area (Å²) < 4.78 is 11.6. The van der Waals surface area contributed by atoms with Crippen LogP contribution in [-0.2, 0) is 25.5 Å². The van der Waals surface area contributed by atoms with Crippen LogP contribution >= 0.6 is 11.3 Å². The lowest BCUT2D eigenvalue weighted by molar-refractivity contribution is -0.140. The summed E-state index contributed by atoms with van der Waals surface area (Å²) in [5.74, 6) is -1.10. The van der Waals surface area contributed by atoms with Crippen LogP contribution in [0.3, 0.4) is 0 Å². The van der Waals surface area contributed by atoms with Crippen molar-refractivity contribution in [3.8, 4) is 5.75 Å². The van der Waals surface area contributed by atoms with Crippen LogP contribution in [0, 0.1) is 31.6 Å². The Morgan fingerprint density at radius 1 is 1.23 bits per heavy atom. The van der Waals surface area contributed by atoms with Crippen molar-refractivity contribution in [2.24, 2.45) is 17.8 Å². The van der Waals surface area contributed by atoms with E-state index in [2.05, 4.69) is 13.0 Å². The summed E-state index contributed by atoms with van der Waals surface area (Å²) in [7, 11) is 0.647. The molecule has 2 aliphatic heterocycles. The fourth-order valence-corrected chi connectivity index (χ4v) is 7.33. The third-order valence-corrected chi connectivity index (χ3v) is 9.20. The van der Waals surface area contributed by atoms with E-state index < -0.39 is 19.0 Å². The van der Waals surface area contributed by atoms with Crippen LogP contribution in [-0.4, -0.2) is 53.8 Å². The van der Waals surface area contributed by atoms with Crippen molar-refractivity contribution in [3.05, 3.63) is 67.9 Å². The Bertz CT molecular complexity index is 1300. The number of aryl methyl sites for hydroxylation is 2. The molecular weight excluding hydrogens is 513 g/mol. The number of rotatable bonds is 8. The number of phenolic OH excluding ortho intramolecular Hbond substituents is 1. The lowest BCUT2D eigenvalue weighted by Gasteiger charge is -2.43. The van der Waals surface area contributed by atoms with Crippen LogP contribution in [0.5, 0.6) is 5.75 Å². The molecule has 2 N–H and O–H groups in total. The first-order valence-corrected chi connectivity index (χ1v) is 14.4. The number of benzene rings is 1. The molecule has 4 atom stereocenters. The molecular formula is C30H36BNO6S. The number of fused-ring (bicyclic) bond motifs is 3. The Morgan fingerprint density at radius 3 is 2.64 bits per heavy atom. The van der Waals surface area contributed by atoms with Gasteiger partial charge in [0.1, 0.15) is 5.75 Å². The summed E-state index contributed by atoms with van der Waals surface area (Å²) in [4.78, 5) is 29.5. The van der Waals surface area contributed by atoms with Gasteiger partial charge in [-0.3, -0.25) is 14.5 Å². The van der Waals surface area contributed by atoms with Gasteiger partial charge >= 0.3 is 7.12 Å². The summed E-state index contributed by atoms with van der Waals surface area (Å²) >= 11 is 1.54. The number of likely N-dealkylation sites (tertiary alicyclic amines) is 1. The van der Waals surface area contributed by atoms with Crippen molar-refractivity contribution in [2.45, 2.75) is 59.0 Å². The zero-order valence-corrected chi connectivity index (χ0v) is 23.8. The monoisotopic (exact) mass is 549 g/mol. The maximum Gasteiger partial charge on any atom is 0.455 e. The minimum Gasteiger partial charge on any atom is -0.507 e. The van der Waals surface area contributed by atoms with Crippen LogP contribution in [0.2, 0.25) is 6.32 Å². The molecule has 0 radical (unpaired) electrons. The minimum absolute atomic E-state index is 0.123. The molecule has 7 nitrogen and oxygen atoms in total. The molecule has 2 saturated heterocycles. The molecule has 0 bridgehead atoms. The zero-order valence-electron chi connectivity index (χ0n) is 23.0. The lowest BCUT2D eigenvalue weighted by Crippen LogP contribution is -2.46. The van der Waals surface area contributed by atoms with Gasteiger partial charge in [0.05, 0.1) is 31.1 Å². The standard InChI is InChI=1S/C30H36BNO6S/c1-17(10-20-11-18(2)28(33)19(3)12-20)7-8-25-26-21(16-37-4)13-23-27(24(26)14-31(36)38-25)30(35)32(29(23)34)15-22-6-5-9-39-22/h5-6,9-12,23-25,27,33,36H,7-8,13-16H2,1-4H3/b17-10+/t23-,24+,25-,27-/m1/s1. The topological polar surface area (TPSA) is 96.3 Å². The number of allylic oxidation sites excluding steroid dienone is 1. The average Bonchev–Trinajstić information content (AvgIpc) is 3.48. The van der Waals surface area contributed by atoms with Crippen LogP contribution < -0.4 is 0 Å². The molecule has 0 spiro atoms. The van der Waals surface area contributed by atoms with E-state index >= 15 is 0 Å².